The second-order valence-corrected chi connectivity index (χ2v) is 7.71. The van der Waals surface area contributed by atoms with Gasteiger partial charge in [-0.15, -0.1) is 0 Å². The quantitative estimate of drug-likeness (QED) is 0.743. The molecule has 1 aliphatic rings. The Labute approximate surface area is 142 Å². The number of carbonyl (C=O) groups is 1. The third kappa shape index (κ3) is 7.08. The van der Waals surface area contributed by atoms with Crippen LogP contribution in [0.15, 0.2) is 0 Å². The number of amides is 1. The van der Waals surface area contributed by atoms with Crippen molar-refractivity contribution in [1.82, 2.24) is 10.2 Å². The van der Waals surface area contributed by atoms with E-state index in [0.717, 1.165) is 45.5 Å². The van der Waals surface area contributed by atoms with Crippen LogP contribution in [0.1, 0.15) is 53.9 Å². The highest BCUT2D eigenvalue weighted by Gasteiger charge is 2.35. The van der Waals surface area contributed by atoms with Crippen molar-refractivity contribution in [3.8, 4) is 0 Å². The molecule has 3 atom stereocenters. The van der Waals surface area contributed by atoms with Crippen molar-refractivity contribution in [2.75, 3.05) is 33.4 Å². The fraction of sp³-hybridized carbons (Fsp3) is 0.944. The summed E-state index contributed by atoms with van der Waals surface area (Å²) in [6.45, 7) is 13.6. The van der Waals surface area contributed by atoms with E-state index >= 15 is 0 Å². The number of rotatable bonds is 8. The van der Waals surface area contributed by atoms with E-state index in [9.17, 15) is 4.79 Å². The molecule has 0 aromatic heterocycles. The van der Waals surface area contributed by atoms with Gasteiger partial charge in [-0.05, 0) is 58.4 Å². The van der Waals surface area contributed by atoms with Gasteiger partial charge in [0.05, 0.1) is 0 Å². The van der Waals surface area contributed by atoms with Gasteiger partial charge < -0.3 is 19.7 Å². The molecular formula is C18H36N2O3. The molecule has 0 bridgehead atoms. The van der Waals surface area contributed by atoms with Crippen molar-refractivity contribution < 1.29 is 14.3 Å². The Hall–Kier alpha value is -0.810. The molecule has 1 fully saturated rings. The fourth-order valence-electron chi connectivity index (χ4n) is 3.20. The van der Waals surface area contributed by atoms with E-state index in [2.05, 4.69) is 19.2 Å². The molecule has 0 saturated carbocycles. The molecule has 1 heterocycles. The van der Waals surface area contributed by atoms with E-state index < -0.39 is 5.60 Å². The summed E-state index contributed by atoms with van der Waals surface area (Å²) in [5, 5.41) is 3.69. The van der Waals surface area contributed by atoms with Crippen LogP contribution < -0.4 is 5.32 Å². The first kappa shape index (κ1) is 20.2. The molecule has 5 heteroatoms. The molecule has 23 heavy (non-hydrogen) atoms. The normalized spacial score (nSPS) is 21.3. The summed E-state index contributed by atoms with van der Waals surface area (Å²) in [6, 6.07) is 0.428. The molecule has 3 unspecified atom stereocenters. The first-order valence-corrected chi connectivity index (χ1v) is 8.98. The Bertz CT molecular complexity index is 355. The predicted octanol–water partition coefficient (Wildman–Crippen LogP) is 3.28. The van der Waals surface area contributed by atoms with Crippen molar-refractivity contribution in [2.24, 2.45) is 11.8 Å². The van der Waals surface area contributed by atoms with Crippen LogP contribution in [-0.4, -0.2) is 56.0 Å². The second-order valence-electron chi connectivity index (χ2n) is 7.71. The molecule has 1 saturated heterocycles. The van der Waals surface area contributed by atoms with Crippen LogP contribution in [0.5, 0.6) is 0 Å². The lowest BCUT2D eigenvalue weighted by Gasteiger charge is -2.31. The smallest absolute Gasteiger partial charge is 0.410 e. The van der Waals surface area contributed by atoms with E-state index in [0.29, 0.717) is 17.9 Å². The average molecular weight is 328 g/mol. The molecule has 1 rings (SSSR count). The summed E-state index contributed by atoms with van der Waals surface area (Å²) in [7, 11) is 1.75. The van der Waals surface area contributed by atoms with Gasteiger partial charge in [-0.3, -0.25) is 0 Å². The number of carbonyl (C=O) groups excluding carboxylic acids is 1. The van der Waals surface area contributed by atoms with Crippen molar-refractivity contribution in [3.05, 3.63) is 0 Å². The van der Waals surface area contributed by atoms with Crippen molar-refractivity contribution >= 4 is 6.09 Å². The van der Waals surface area contributed by atoms with Gasteiger partial charge >= 0.3 is 6.09 Å². The lowest BCUT2D eigenvalue weighted by atomic mass is 9.86. The lowest BCUT2D eigenvalue weighted by molar-refractivity contribution is 0.0282. The Kier molecular flexibility index (Phi) is 8.34. The molecule has 0 spiro atoms. The zero-order valence-electron chi connectivity index (χ0n) is 15.9. The molecule has 1 amide bonds. The van der Waals surface area contributed by atoms with Crippen molar-refractivity contribution in [1.29, 1.82) is 0 Å². The van der Waals surface area contributed by atoms with Gasteiger partial charge in [-0.1, -0.05) is 13.8 Å². The maximum absolute atomic E-state index is 12.2. The summed E-state index contributed by atoms with van der Waals surface area (Å²) >= 11 is 0. The summed E-state index contributed by atoms with van der Waals surface area (Å²) in [5.74, 6) is 1.02. The van der Waals surface area contributed by atoms with E-state index in [1.807, 2.05) is 25.7 Å². The highest BCUT2D eigenvalue weighted by Crippen LogP contribution is 2.27. The standard InChI is InChI=1S/C18H36N2O3/c1-7-10-19-16(14(2)9-12-22-6)15-8-11-20(13-15)17(21)23-18(3,4)5/h14-16,19H,7-13H2,1-6H3. The highest BCUT2D eigenvalue weighted by molar-refractivity contribution is 5.68. The minimum atomic E-state index is -0.430. The number of nitrogens with zero attached hydrogens (tertiary/aromatic N) is 1. The molecule has 1 aliphatic heterocycles. The van der Waals surface area contributed by atoms with E-state index in [1.54, 1.807) is 7.11 Å². The van der Waals surface area contributed by atoms with Crippen molar-refractivity contribution in [3.63, 3.8) is 0 Å². The summed E-state index contributed by atoms with van der Waals surface area (Å²) in [4.78, 5) is 14.1. The molecular weight excluding hydrogens is 292 g/mol. The molecule has 0 aliphatic carbocycles. The largest absolute Gasteiger partial charge is 0.444 e. The van der Waals surface area contributed by atoms with Crippen LogP contribution in [0.4, 0.5) is 4.79 Å². The number of likely N-dealkylation sites (tertiary alicyclic amines) is 1. The topological polar surface area (TPSA) is 50.8 Å². The zero-order valence-corrected chi connectivity index (χ0v) is 15.9. The Balaban J connectivity index is 2.61. The Morgan fingerprint density at radius 1 is 1.39 bits per heavy atom. The van der Waals surface area contributed by atoms with Crippen LogP contribution >= 0.6 is 0 Å². The van der Waals surface area contributed by atoms with Gasteiger partial charge in [0.15, 0.2) is 0 Å². The lowest BCUT2D eigenvalue weighted by Crippen LogP contribution is -2.44. The number of hydrogen-bond donors (Lipinski definition) is 1. The first-order chi connectivity index (χ1) is 10.8. The molecule has 5 nitrogen and oxygen atoms in total. The summed E-state index contributed by atoms with van der Waals surface area (Å²) < 4.78 is 10.7. The van der Waals surface area contributed by atoms with Gasteiger partial charge in [0, 0.05) is 32.8 Å². The van der Waals surface area contributed by atoms with Crippen LogP contribution in [0, 0.1) is 11.8 Å². The van der Waals surface area contributed by atoms with E-state index in [4.69, 9.17) is 9.47 Å². The minimum Gasteiger partial charge on any atom is -0.444 e. The SMILES string of the molecule is CCCNC(C(C)CCOC)C1CCN(C(=O)OC(C)(C)C)C1. The molecule has 136 valence electrons. The zero-order chi connectivity index (χ0) is 17.5. The van der Waals surface area contributed by atoms with Crippen LogP contribution in [-0.2, 0) is 9.47 Å². The van der Waals surface area contributed by atoms with E-state index in [1.165, 1.54) is 0 Å². The molecule has 0 radical (unpaired) electrons. The van der Waals surface area contributed by atoms with Gasteiger partial charge in [0.1, 0.15) is 5.60 Å². The molecule has 1 N–H and O–H groups in total. The highest BCUT2D eigenvalue weighted by atomic mass is 16.6. The van der Waals surface area contributed by atoms with Crippen LogP contribution in [0.3, 0.4) is 0 Å². The maximum Gasteiger partial charge on any atom is 0.410 e. The Morgan fingerprint density at radius 3 is 2.65 bits per heavy atom. The monoisotopic (exact) mass is 328 g/mol. The number of hydrogen-bond acceptors (Lipinski definition) is 4. The average Bonchev–Trinajstić information content (AvgIpc) is 2.93. The van der Waals surface area contributed by atoms with Crippen LogP contribution in [0.25, 0.3) is 0 Å². The summed E-state index contributed by atoms with van der Waals surface area (Å²) in [6.07, 6.45) is 3.02. The molecule has 0 aromatic carbocycles. The minimum absolute atomic E-state index is 0.182. The maximum atomic E-state index is 12.2. The van der Waals surface area contributed by atoms with Gasteiger partial charge in [-0.25, -0.2) is 4.79 Å². The Morgan fingerprint density at radius 2 is 2.09 bits per heavy atom. The first-order valence-electron chi connectivity index (χ1n) is 8.98. The van der Waals surface area contributed by atoms with E-state index in [-0.39, 0.29) is 6.09 Å². The van der Waals surface area contributed by atoms with Gasteiger partial charge in [-0.2, -0.15) is 0 Å². The van der Waals surface area contributed by atoms with Crippen molar-refractivity contribution in [2.45, 2.75) is 65.5 Å². The predicted molar refractivity (Wildman–Crippen MR) is 93.7 cm³/mol. The fourth-order valence-corrected chi connectivity index (χ4v) is 3.20. The third-order valence-corrected chi connectivity index (χ3v) is 4.40. The van der Waals surface area contributed by atoms with Gasteiger partial charge in [0.25, 0.3) is 0 Å². The number of methoxy groups -OCH3 is 1. The van der Waals surface area contributed by atoms with Crippen LogP contribution in [0.2, 0.25) is 0 Å². The molecule has 0 aromatic rings. The number of nitrogens with one attached hydrogen (secondary N) is 1. The number of ether oxygens (including phenoxy) is 2. The third-order valence-electron chi connectivity index (χ3n) is 4.40. The van der Waals surface area contributed by atoms with Gasteiger partial charge in [0.2, 0.25) is 0 Å². The second kappa shape index (κ2) is 9.48. The summed E-state index contributed by atoms with van der Waals surface area (Å²) in [5.41, 5.74) is -0.430.